The molecule has 1 aliphatic rings. The maximum absolute atomic E-state index is 12.5. The van der Waals surface area contributed by atoms with E-state index in [1.54, 1.807) is 0 Å². The molecule has 9 heteroatoms. The lowest BCUT2D eigenvalue weighted by molar-refractivity contribution is -0.120. The Morgan fingerprint density at radius 3 is 2.48 bits per heavy atom. The van der Waals surface area contributed by atoms with Gasteiger partial charge in [0.05, 0.1) is 12.8 Å². The molecule has 1 aromatic heterocycles. The van der Waals surface area contributed by atoms with E-state index in [0.29, 0.717) is 43.3 Å². The summed E-state index contributed by atoms with van der Waals surface area (Å²) in [5.41, 5.74) is 2.00. The highest BCUT2D eigenvalue weighted by Crippen LogP contribution is 2.21. The van der Waals surface area contributed by atoms with Crippen LogP contribution < -0.4 is 5.32 Å². The quantitative estimate of drug-likeness (QED) is 0.820. The van der Waals surface area contributed by atoms with E-state index in [2.05, 4.69) is 10.4 Å². The van der Waals surface area contributed by atoms with Crippen molar-refractivity contribution in [2.75, 3.05) is 24.7 Å². The van der Waals surface area contributed by atoms with E-state index in [4.69, 9.17) is 11.6 Å². The lowest BCUT2D eigenvalue weighted by atomic mass is 9.97. The van der Waals surface area contributed by atoms with E-state index in [1.807, 2.05) is 41.9 Å². The number of carbonyl (C=O) groups excluding carboxylic acids is 1. The Bertz CT molecular complexity index is 917. The van der Waals surface area contributed by atoms with Gasteiger partial charge in [-0.1, -0.05) is 23.7 Å². The summed E-state index contributed by atoms with van der Waals surface area (Å²) >= 11 is 5.91. The van der Waals surface area contributed by atoms with Crippen molar-refractivity contribution in [1.29, 1.82) is 0 Å². The zero-order valence-corrected chi connectivity index (χ0v) is 16.9. The second-order valence-corrected chi connectivity index (χ2v) is 9.30. The smallest absolute Gasteiger partial charge is 0.228 e. The second-order valence-electron chi connectivity index (χ2n) is 6.88. The zero-order valence-electron chi connectivity index (χ0n) is 15.4. The van der Waals surface area contributed by atoms with Crippen LogP contribution >= 0.6 is 11.6 Å². The first-order valence-electron chi connectivity index (χ1n) is 8.77. The number of aryl methyl sites for hydroxylation is 1. The minimum Gasteiger partial charge on any atom is -0.309 e. The number of nitrogens with zero attached hydrogens (tertiary/aromatic N) is 3. The summed E-state index contributed by atoms with van der Waals surface area (Å²) in [4.78, 5) is 12.5. The molecule has 27 heavy (non-hydrogen) atoms. The number of amides is 1. The number of nitrogens with one attached hydrogen (secondary N) is 1. The standard InChI is InChI=1S/C18H23ClN4O3S/c1-13-11-17(21-23(13)12-14-3-5-16(19)6-4-14)20-18(24)15-7-9-22(10-8-15)27(2,25)26/h3-6,11,15H,7-10,12H2,1-2H3,(H,20,21,24). The minimum absolute atomic E-state index is 0.112. The van der Waals surface area contributed by atoms with Gasteiger partial charge in [-0.05, 0) is 37.5 Å². The summed E-state index contributed by atoms with van der Waals surface area (Å²) in [6.45, 7) is 3.27. The molecule has 0 atom stereocenters. The number of aromatic nitrogens is 2. The van der Waals surface area contributed by atoms with E-state index < -0.39 is 10.0 Å². The Balaban J connectivity index is 1.60. The summed E-state index contributed by atoms with van der Waals surface area (Å²) in [5.74, 6) is 0.195. The number of anilines is 1. The molecule has 1 fully saturated rings. The molecule has 1 saturated heterocycles. The Morgan fingerprint density at radius 1 is 1.26 bits per heavy atom. The fourth-order valence-corrected chi connectivity index (χ4v) is 4.17. The first-order chi connectivity index (χ1) is 12.7. The second kappa shape index (κ2) is 8.00. The molecule has 7 nitrogen and oxygen atoms in total. The maximum Gasteiger partial charge on any atom is 0.228 e. The van der Waals surface area contributed by atoms with E-state index in [-0.39, 0.29) is 11.8 Å². The molecule has 1 N–H and O–H groups in total. The highest BCUT2D eigenvalue weighted by Gasteiger charge is 2.29. The van der Waals surface area contributed by atoms with Crippen LogP contribution in [-0.2, 0) is 21.4 Å². The van der Waals surface area contributed by atoms with Crippen molar-refractivity contribution in [2.24, 2.45) is 5.92 Å². The lowest BCUT2D eigenvalue weighted by Crippen LogP contribution is -2.40. The number of hydrogen-bond donors (Lipinski definition) is 1. The average molecular weight is 411 g/mol. The van der Waals surface area contributed by atoms with Gasteiger partial charge in [-0.15, -0.1) is 0 Å². The Hall–Kier alpha value is -1.90. The van der Waals surface area contributed by atoms with Crippen LogP contribution in [0, 0.1) is 12.8 Å². The van der Waals surface area contributed by atoms with Crippen molar-refractivity contribution in [3.05, 3.63) is 46.6 Å². The predicted octanol–water partition coefficient (Wildman–Crippen LogP) is 2.50. The summed E-state index contributed by atoms with van der Waals surface area (Å²) in [6, 6.07) is 9.39. The van der Waals surface area contributed by atoms with Crippen LogP contribution in [0.4, 0.5) is 5.82 Å². The highest BCUT2D eigenvalue weighted by atomic mass is 35.5. The van der Waals surface area contributed by atoms with Gasteiger partial charge in [-0.2, -0.15) is 5.10 Å². The predicted molar refractivity (Wildman–Crippen MR) is 105 cm³/mol. The van der Waals surface area contributed by atoms with Crippen molar-refractivity contribution in [3.63, 3.8) is 0 Å². The van der Waals surface area contributed by atoms with Crippen molar-refractivity contribution in [1.82, 2.24) is 14.1 Å². The largest absolute Gasteiger partial charge is 0.309 e. The summed E-state index contributed by atoms with van der Waals surface area (Å²) in [6.07, 6.45) is 2.23. The summed E-state index contributed by atoms with van der Waals surface area (Å²) in [5, 5.41) is 8.01. The fraction of sp³-hybridized carbons (Fsp3) is 0.444. The number of halogens is 1. The number of rotatable bonds is 5. The van der Waals surface area contributed by atoms with E-state index in [0.717, 1.165) is 11.3 Å². The normalized spacial score (nSPS) is 16.4. The maximum atomic E-state index is 12.5. The van der Waals surface area contributed by atoms with Crippen LogP contribution in [0.1, 0.15) is 24.1 Å². The molecular weight excluding hydrogens is 388 g/mol. The van der Waals surface area contributed by atoms with Crippen LogP contribution in [0.25, 0.3) is 0 Å². The van der Waals surface area contributed by atoms with Crippen LogP contribution in [-0.4, -0.2) is 47.8 Å². The highest BCUT2D eigenvalue weighted by molar-refractivity contribution is 7.88. The van der Waals surface area contributed by atoms with Crippen LogP contribution in [0.2, 0.25) is 5.02 Å². The third-order valence-corrected chi connectivity index (χ3v) is 6.33. The SMILES string of the molecule is Cc1cc(NC(=O)C2CCN(S(C)(=O)=O)CC2)nn1Cc1ccc(Cl)cc1. The van der Waals surface area contributed by atoms with Gasteiger partial charge in [0.15, 0.2) is 5.82 Å². The van der Waals surface area contributed by atoms with Gasteiger partial charge in [0.2, 0.25) is 15.9 Å². The summed E-state index contributed by atoms with van der Waals surface area (Å²) < 4.78 is 26.4. The molecular formula is C18H23ClN4O3S. The van der Waals surface area contributed by atoms with Crippen molar-refractivity contribution in [3.8, 4) is 0 Å². The zero-order chi connectivity index (χ0) is 19.6. The molecule has 2 heterocycles. The Morgan fingerprint density at radius 2 is 1.89 bits per heavy atom. The molecule has 0 bridgehead atoms. The molecule has 1 aliphatic heterocycles. The van der Waals surface area contributed by atoms with Gasteiger partial charge in [-0.25, -0.2) is 12.7 Å². The van der Waals surface area contributed by atoms with Crippen LogP contribution in [0.3, 0.4) is 0 Å². The number of benzene rings is 1. The van der Waals surface area contributed by atoms with Crippen molar-refractivity contribution >= 4 is 33.3 Å². The first-order valence-corrected chi connectivity index (χ1v) is 11.0. The number of carbonyl (C=O) groups is 1. The summed E-state index contributed by atoms with van der Waals surface area (Å²) in [7, 11) is -3.19. The van der Waals surface area contributed by atoms with Gasteiger partial charge < -0.3 is 5.32 Å². The van der Waals surface area contributed by atoms with Crippen molar-refractivity contribution < 1.29 is 13.2 Å². The van der Waals surface area contributed by atoms with Gasteiger partial charge in [0, 0.05) is 35.8 Å². The molecule has 1 aromatic carbocycles. The van der Waals surface area contributed by atoms with E-state index >= 15 is 0 Å². The van der Waals surface area contributed by atoms with Crippen LogP contribution in [0.5, 0.6) is 0 Å². The van der Waals surface area contributed by atoms with Crippen molar-refractivity contribution in [2.45, 2.75) is 26.3 Å². The van der Waals surface area contributed by atoms with Gasteiger partial charge in [0.25, 0.3) is 0 Å². The Labute approximate surface area is 164 Å². The molecule has 1 amide bonds. The third kappa shape index (κ3) is 5.09. The number of sulfonamides is 1. The van der Waals surface area contributed by atoms with Gasteiger partial charge in [0.1, 0.15) is 0 Å². The monoisotopic (exact) mass is 410 g/mol. The van der Waals surface area contributed by atoms with E-state index in [9.17, 15) is 13.2 Å². The molecule has 0 unspecified atom stereocenters. The van der Waals surface area contributed by atoms with Gasteiger partial charge in [-0.3, -0.25) is 9.48 Å². The fourth-order valence-electron chi connectivity index (χ4n) is 3.17. The molecule has 0 radical (unpaired) electrons. The van der Waals surface area contributed by atoms with Crippen LogP contribution in [0.15, 0.2) is 30.3 Å². The number of hydrogen-bond acceptors (Lipinski definition) is 4. The average Bonchev–Trinajstić information content (AvgIpc) is 2.95. The topological polar surface area (TPSA) is 84.3 Å². The third-order valence-electron chi connectivity index (χ3n) is 4.77. The Kier molecular flexibility index (Phi) is 5.88. The van der Waals surface area contributed by atoms with Gasteiger partial charge >= 0.3 is 0 Å². The first kappa shape index (κ1) is 19.9. The lowest BCUT2D eigenvalue weighted by Gasteiger charge is -2.29. The molecule has 2 aromatic rings. The molecule has 3 rings (SSSR count). The molecule has 0 spiro atoms. The molecule has 0 aliphatic carbocycles. The van der Waals surface area contributed by atoms with E-state index in [1.165, 1.54) is 10.6 Å². The minimum atomic E-state index is -3.19. The molecule has 146 valence electrons. The molecule has 0 saturated carbocycles. The number of piperidine rings is 1.